The fourth-order valence-corrected chi connectivity index (χ4v) is 1.75. The van der Waals surface area contributed by atoms with Crippen LogP contribution in [0.1, 0.15) is 16.2 Å². The van der Waals surface area contributed by atoms with Crippen molar-refractivity contribution < 1.29 is 25.2 Å². The third-order valence-corrected chi connectivity index (χ3v) is 2.84. The number of aromatic nitrogens is 1. The molecule has 1 heterocycles. The molecule has 7 nitrogen and oxygen atoms in total. The van der Waals surface area contributed by atoms with Gasteiger partial charge in [-0.05, 0) is 19.1 Å². The van der Waals surface area contributed by atoms with Crippen molar-refractivity contribution in [2.45, 2.75) is 13.5 Å². The quantitative estimate of drug-likeness (QED) is 0.670. The van der Waals surface area contributed by atoms with Crippen LogP contribution in [0.5, 0.6) is 11.5 Å². The maximum Gasteiger partial charge on any atom is 0.352 e. The lowest BCUT2D eigenvalue weighted by Crippen LogP contribution is -2.20. The average molecular weight is 307 g/mol. The fraction of sp³-hybridized carbons (Fsp3) is 0.200. The van der Waals surface area contributed by atoms with Gasteiger partial charge < -0.3 is 25.0 Å². The Morgan fingerprint density at radius 3 is 2.18 bits per heavy atom. The number of carbonyl (C=O) groups is 1. The van der Waals surface area contributed by atoms with E-state index < -0.39 is 17.1 Å². The summed E-state index contributed by atoms with van der Waals surface area (Å²) in [6.45, 7) is 1.16. The van der Waals surface area contributed by atoms with Gasteiger partial charge in [0.2, 0.25) is 5.43 Å². The van der Waals surface area contributed by atoms with Crippen LogP contribution in [0.3, 0.4) is 0 Å². The number of nitrogens with zero attached hydrogens (tertiary/aromatic N) is 1. The molecule has 0 aliphatic heterocycles. The van der Waals surface area contributed by atoms with E-state index in [2.05, 4.69) is 0 Å². The molecule has 0 amide bonds. The van der Waals surface area contributed by atoms with Crippen molar-refractivity contribution in [1.29, 1.82) is 0 Å². The van der Waals surface area contributed by atoms with Crippen molar-refractivity contribution >= 4 is 5.97 Å². The van der Waals surface area contributed by atoms with Crippen LogP contribution in [0.2, 0.25) is 0 Å². The molecule has 4 N–H and O–H groups in total. The van der Waals surface area contributed by atoms with E-state index in [4.69, 9.17) is 15.3 Å². The second kappa shape index (κ2) is 7.84. The molecule has 118 valence electrons. The van der Waals surface area contributed by atoms with Crippen LogP contribution in [-0.2, 0) is 6.54 Å². The van der Waals surface area contributed by atoms with Gasteiger partial charge in [0, 0.05) is 12.6 Å². The van der Waals surface area contributed by atoms with Crippen molar-refractivity contribution in [1.82, 2.24) is 4.57 Å². The monoisotopic (exact) mass is 307 g/mol. The van der Waals surface area contributed by atoms with E-state index in [0.717, 1.165) is 6.07 Å². The summed E-state index contributed by atoms with van der Waals surface area (Å²) < 4.78 is 1.18. The molecule has 22 heavy (non-hydrogen) atoms. The summed E-state index contributed by atoms with van der Waals surface area (Å²) in [5.41, 5.74) is -0.850. The number of aliphatic hydroxyl groups excluding tert-OH is 1. The average Bonchev–Trinajstić information content (AvgIpc) is 2.49. The summed E-state index contributed by atoms with van der Waals surface area (Å²) in [5.74, 6) is -1.44. The van der Waals surface area contributed by atoms with Crippen molar-refractivity contribution in [2.24, 2.45) is 0 Å². The van der Waals surface area contributed by atoms with E-state index in [-0.39, 0.29) is 24.5 Å². The van der Waals surface area contributed by atoms with E-state index in [1.165, 1.54) is 11.5 Å². The molecular formula is C15H17NO6. The first-order valence-corrected chi connectivity index (χ1v) is 6.40. The topological polar surface area (TPSA) is 120 Å². The maximum absolute atomic E-state index is 11.1. The molecular weight excluding hydrogens is 290 g/mol. The smallest absolute Gasteiger partial charge is 0.352 e. The van der Waals surface area contributed by atoms with Crippen LogP contribution in [0, 0.1) is 6.92 Å². The van der Waals surface area contributed by atoms with Crippen molar-refractivity contribution in [3.63, 3.8) is 0 Å². The number of phenolic OH excluding ortho intramolecular Hbond substituents is 1. The number of pyridine rings is 1. The summed E-state index contributed by atoms with van der Waals surface area (Å²) in [5, 5.41) is 35.5. The summed E-state index contributed by atoms with van der Waals surface area (Å²) in [6.07, 6.45) is 0. The molecule has 0 aliphatic carbocycles. The van der Waals surface area contributed by atoms with Crippen molar-refractivity contribution in [2.75, 3.05) is 6.61 Å². The number of aliphatic hydroxyl groups is 1. The number of para-hydroxylation sites is 1. The zero-order valence-corrected chi connectivity index (χ0v) is 11.9. The molecule has 0 saturated carbocycles. The Kier molecular flexibility index (Phi) is 6.15. The number of hydrogen-bond donors (Lipinski definition) is 4. The maximum atomic E-state index is 11.1. The predicted octanol–water partition coefficient (Wildman–Crippen LogP) is 0.945. The van der Waals surface area contributed by atoms with Gasteiger partial charge in [-0.3, -0.25) is 4.79 Å². The van der Waals surface area contributed by atoms with Crippen LogP contribution in [0.4, 0.5) is 0 Å². The number of hydrogen-bond acceptors (Lipinski definition) is 5. The van der Waals surface area contributed by atoms with Gasteiger partial charge in [0.05, 0.1) is 12.3 Å². The molecule has 0 unspecified atom stereocenters. The first kappa shape index (κ1) is 17.3. The first-order valence-electron chi connectivity index (χ1n) is 6.40. The molecule has 0 saturated heterocycles. The number of carboxylic acids is 1. The SMILES string of the molecule is Cc1c(O)c(=O)cc(C(=O)O)n1CCO.Oc1ccccc1. The third-order valence-electron chi connectivity index (χ3n) is 2.84. The largest absolute Gasteiger partial charge is 0.508 e. The molecule has 0 bridgehead atoms. The number of benzene rings is 1. The molecule has 0 spiro atoms. The lowest BCUT2D eigenvalue weighted by Gasteiger charge is -2.13. The van der Waals surface area contributed by atoms with E-state index in [9.17, 15) is 14.7 Å². The minimum absolute atomic E-state index is 0.0152. The molecule has 0 aliphatic rings. The highest BCUT2D eigenvalue weighted by atomic mass is 16.4. The Labute approximate surface area is 126 Å². The highest BCUT2D eigenvalue weighted by Crippen LogP contribution is 2.12. The molecule has 2 aromatic rings. The lowest BCUT2D eigenvalue weighted by molar-refractivity contribution is 0.0682. The molecule has 0 atom stereocenters. The number of rotatable bonds is 3. The highest BCUT2D eigenvalue weighted by Gasteiger charge is 2.15. The van der Waals surface area contributed by atoms with Gasteiger partial charge in [0.25, 0.3) is 0 Å². The fourth-order valence-electron chi connectivity index (χ4n) is 1.75. The first-order chi connectivity index (χ1) is 10.4. The van der Waals surface area contributed by atoms with Crippen LogP contribution in [0.25, 0.3) is 0 Å². The molecule has 0 radical (unpaired) electrons. The second-order valence-corrected chi connectivity index (χ2v) is 4.34. The van der Waals surface area contributed by atoms with Gasteiger partial charge in [0.1, 0.15) is 11.4 Å². The van der Waals surface area contributed by atoms with Gasteiger partial charge in [0.15, 0.2) is 5.75 Å². The van der Waals surface area contributed by atoms with Gasteiger partial charge in [-0.2, -0.15) is 0 Å². The number of aromatic carboxylic acids is 1. The summed E-state index contributed by atoms with van der Waals surface area (Å²) in [7, 11) is 0. The van der Waals surface area contributed by atoms with Gasteiger partial charge in [-0.1, -0.05) is 18.2 Å². The normalized spacial score (nSPS) is 9.73. The van der Waals surface area contributed by atoms with Crippen LogP contribution >= 0.6 is 0 Å². The number of aromatic hydroxyl groups is 2. The molecule has 2 rings (SSSR count). The second-order valence-electron chi connectivity index (χ2n) is 4.34. The Balaban J connectivity index is 0.000000287. The lowest BCUT2D eigenvalue weighted by atomic mass is 10.2. The van der Waals surface area contributed by atoms with E-state index in [1.54, 1.807) is 24.3 Å². The number of carboxylic acid groups (broad SMARTS) is 1. The Morgan fingerprint density at radius 1 is 1.18 bits per heavy atom. The highest BCUT2D eigenvalue weighted by molar-refractivity contribution is 5.85. The van der Waals surface area contributed by atoms with E-state index in [1.807, 2.05) is 6.07 Å². The zero-order valence-electron chi connectivity index (χ0n) is 11.9. The number of phenols is 1. The van der Waals surface area contributed by atoms with Crippen LogP contribution < -0.4 is 5.43 Å². The predicted molar refractivity (Wildman–Crippen MR) is 79.3 cm³/mol. The summed E-state index contributed by atoms with van der Waals surface area (Å²) >= 11 is 0. The van der Waals surface area contributed by atoms with Crippen molar-refractivity contribution in [3.8, 4) is 11.5 Å². The van der Waals surface area contributed by atoms with Crippen molar-refractivity contribution in [3.05, 3.63) is 58.0 Å². The molecule has 7 heteroatoms. The van der Waals surface area contributed by atoms with Gasteiger partial charge >= 0.3 is 5.97 Å². The van der Waals surface area contributed by atoms with Gasteiger partial charge in [-0.15, -0.1) is 0 Å². The van der Waals surface area contributed by atoms with Crippen LogP contribution in [-0.4, -0.2) is 37.6 Å². The van der Waals surface area contributed by atoms with Gasteiger partial charge in [-0.25, -0.2) is 4.79 Å². The van der Waals surface area contributed by atoms with Crippen LogP contribution in [0.15, 0.2) is 41.2 Å². The van der Waals surface area contributed by atoms with E-state index in [0.29, 0.717) is 5.75 Å². The summed E-state index contributed by atoms with van der Waals surface area (Å²) in [6, 6.07) is 9.55. The Hall–Kier alpha value is -2.80. The molecule has 0 fully saturated rings. The Morgan fingerprint density at radius 2 is 1.77 bits per heavy atom. The minimum Gasteiger partial charge on any atom is -0.508 e. The zero-order chi connectivity index (χ0) is 16.7. The minimum atomic E-state index is -1.27. The third kappa shape index (κ3) is 4.35. The summed E-state index contributed by atoms with van der Waals surface area (Å²) in [4.78, 5) is 21.9. The Bertz CT molecular complexity index is 693. The molecule has 1 aromatic carbocycles. The standard InChI is InChI=1S/C9H11NO5.C6H6O/c1-5-8(13)7(12)4-6(9(14)15)10(5)2-3-11;7-6-4-2-1-3-5-6/h4,11,13H,2-3H2,1H3,(H,14,15);1-5,7H. The van der Waals surface area contributed by atoms with E-state index >= 15 is 0 Å². The molecule has 1 aromatic heterocycles.